The molecule has 0 fully saturated rings. The fourth-order valence-electron chi connectivity index (χ4n) is 3.46. The van der Waals surface area contributed by atoms with Crippen LogP contribution < -0.4 is 16.4 Å². The predicted octanol–water partition coefficient (Wildman–Crippen LogP) is 3.73. The lowest BCUT2D eigenvalue weighted by Crippen LogP contribution is -2.48. The first kappa shape index (κ1) is 20.8. The Morgan fingerprint density at radius 2 is 1.83 bits per heavy atom. The van der Waals surface area contributed by atoms with Crippen molar-refractivity contribution in [1.82, 2.24) is 4.90 Å². The summed E-state index contributed by atoms with van der Waals surface area (Å²) in [6.45, 7) is 5.01. The Hall–Kier alpha value is -2.93. The van der Waals surface area contributed by atoms with Gasteiger partial charge in [0.2, 0.25) is 5.91 Å². The summed E-state index contributed by atoms with van der Waals surface area (Å²) in [5.74, 6) is -0.413. The Labute approximate surface area is 170 Å². The van der Waals surface area contributed by atoms with Gasteiger partial charge in [0.25, 0.3) is 0 Å². The minimum atomic E-state index is -0.513. The van der Waals surface area contributed by atoms with Crippen molar-refractivity contribution in [3.8, 4) is 0 Å². The lowest BCUT2D eigenvalue weighted by molar-refractivity contribution is -0.134. The molecule has 2 atom stereocenters. The van der Waals surface area contributed by atoms with Crippen molar-refractivity contribution >= 4 is 23.3 Å². The van der Waals surface area contributed by atoms with Gasteiger partial charge < -0.3 is 21.3 Å². The van der Waals surface area contributed by atoms with Crippen molar-refractivity contribution in [2.24, 2.45) is 11.7 Å². The van der Waals surface area contributed by atoms with E-state index in [9.17, 15) is 14.0 Å². The minimum absolute atomic E-state index is 0.0411. The van der Waals surface area contributed by atoms with Gasteiger partial charge in [-0.2, -0.15) is 0 Å². The summed E-state index contributed by atoms with van der Waals surface area (Å²) < 4.78 is 13.7. The van der Waals surface area contributed by atoms with E-state index in [1.165, 1.54) is 12.1 Å². The highest BCUT2D eigenvalue weighted by Gasteiger charge is 2.28. The molecule has 0 bridgehead atoms. The fraction of sp³-hybridized carbons (Fsp3) is 0.364. The van der Waals surface area contributed by atoms with Crippen LogP contribution in [0.15, 0.2) is 42.5 Å². The number of carbonyl (C=O) groups is 2. The van der Waals surface area contributed by atoms with Crippen LogP contribution in [0, 0.1) is 11.7 Å². The van der Waals surface area contributed by atoms with E-state index >= 15 is 0 Å². The third kappa shape index (κ3) is 4.74. The molecule has 0 radical (unpaired) electrons. The molecule has 4 N–H and O–H groups in total. The van der Waals surface area contributed by atoms with Crippen LogP contribution in [-0.4, -0.2) is 29.4 Å². The van der Waals surface area contributed by atoms with Crippen LogP contribution in [0.5, 0.6) is 0 Å². The lowest BCUT2D eigenvalue weighted by Gasteiger charge is -2.33. The van der Waals surface area contributed by atoms with Crippen LogP contribution in [0.3, 0.4) is 0 Å². The van der Waals surface area contributed by atoms with Crippen LogP contribution in [0.2, 0.25) is 0 Å². The van der Waals surface area contributed by atoms with E-state index in [1.807, 2.05) is 32.0 Å². The number of urea groups is 1. The Morgan fingerprint density at radius 1 is 1.14 bits per heavy atom. The molecule has 1 aliphatic rings. The normalized spacial score (nSPS) is 15.2. The summed E-state index contributed by atoms with van der Waals surface area (Å²) >= 11 is 0. The van der Waals surface area contributed by atoms with Gasteiger partial charge in [0.05, 0.1) is 11.7 Å². The molecule has 6 nitrogen and oxygen atoms in total. The molecule has 0 aromatic heterocycles. The third-order valence-electron chi connectivity index (χ3n) is 5.49. The van der Waals surface area contributed by atoms with Gasteiger partial charge in [-0.3, -0.25) is 4.79 Å². The van der Waals surface area contributed by atoms with Gasteiger partial charge in [0, 0.05) is 18.8 Å². The van der Waals surface area contributed by atoms with Crippen molar-refractivity contribution < 1.29 is 14.0 Å². The molecule has 2 aromatic rings. The molecule has 0 saturated carbocycles. The van der Waals surface area contributed by atoms with Gasteiger partial charge in [0.15, 0.2) is 0 Å². The second-order valence-electron chi connectivity index (χ2n) is 7.42. The van der Waals surface area contributed by atoms with E-state index in [0.29, 0.717) is 25.2 Å². The molecule has 154 valence electrons. The van der Waals surface area contributed by atoms with E-state index in [1.54, 1.807) is 17.0 Å². The Balaban J connectivity index is 1.70. The summed E-state index contributed by atoms with van der Waals surface area (Å²) in [6, 6.07) is 10.6. The predicted molar refractivity (Wildman–Crippen MR) is 112 cm³/mol. The highest BCUT2D eigenvalue weighted by atomic mass is 19.1. The van der Waals surface area contributed by atoms with Crippen LogP contribution >= 0.6 is 0 Å². The second-order valence-corrected chi connectivity index (χ2v) is 7.42. The van der Waals surface area contributed by atoms with Gasteiger partial charge >= 0.3 is 6.03 Å². The monoisotopic (exact) mass is 398 g/mol. The SMILES string of the molecule is CCC(C)C(N)C(=O)N1CCc2c(cccc2NC(=O)Nc2ccccc2F)C1. The Morgan fingerprint density at radius 3 is 2.55 bits per heavy atom. The minimum Gasteiger partial charge on any atom is -0.337 e. The number of carbonyl (C=O) groups excluding carboxylic acids is 2. The first-order valence-electron chi connectivity index (χ1n) is 9.88. The zero-order valence-corrected chi connectivity index (χ0v) is 16.7. The van der Waals surface area contributed by atoms with Crippen LogP contribution in [0.1, 0.15) is 31.4 Å². The number of halogens is 1. The molecular formula is C22H27FN4O2. The maximum Gasteiger partial charge on any atom is 0.323 e. The maximum atomic E-state index is 13.7. The summed E-state index contributed by atoms with van der Waals surface area (Å²) in [5.41, 5.74) is 8.85. The molecule has 3 amide bonds. The average Bonchev–Trinajstić information content (AvgIpc) is 2.73. The van der Waals surface area contributed by atoms with Crippen LogP contribution in [-0.2, 0) is 17.8 Å². The van der Waals surface area contributed by atoms with E-state index in [4.69, 9.17) is 5.73 Å². The largest absolute Gasteiger partial charge is 0.337 e. The number of nitrogens with one attached hydrogen (secondary N) is 2. The number of nitrogens with two attached hydrogens (primary N) is 1. The van der Waals surface area contributed by atoms with E-state index in [-0.39, 0.29) is 17.5 Å². The number of hydrogen-bond acceptors (Lipinski definition) is 3. The molecule has 0 aliphatic carbocycles. The van der Waals surface area contributed by atoms with Crippen molar-refractivity contribution in [1.29, 1.82) is 0 Å². The topological polar surface area (TPSA) is 87.5 Å². The van der Waals surface area contributed by atoms with Crippen LogP contribution in [0.4, 0.5) is 20.6 Å². The first-order chi connectivity index (χ1) is 13.9. The maximum absolute atomic E-state index is 13.7. The number of hydrogen-bond donors (Lipinski definition) is 3. The van der Waals surface area contributed by atoms with Gasteiger partial charge in [0.1, 0.15) is 5.82 Å². The number of anilines is 2. The number of nitrogens with zero attached hydrogens (tertiary/aromatic N) is 1. The number of fused-ring (bicyclic) bond motifs is 1. The highest BCUT2D eigenvalue weighted by Crippen LogP contribution is 2.27. The van der Waals surface area contributed by atoms with E-state index < -0.39 is 17.9 Å². The molecular weight excluding hydrogens is 371 g/mol. The standard InChI is InChI=1S/C22H27FN4O2/c1-3-14(2)20(24)21(28)27-12-11-16-15(13-27)7-6-10-18(16)25-22(29)26-19-9-5-4-8-17(19)23/h4-10,14,20H,3,11-13,24H2,1-2H3,(H2,25,26,29). The molecule has 0 spiro atoms. The third-order valence-corrected chi connectivity index (χ3v) is 5.49. The number of rotatable bonds is 5. The zero-order valence-electron chi connectivity index (χ0n) is 16.7. The number of amides is 3. The van der Waals surface area contributed by atoms with Crippen molar-refractivity contribution in [3.63, 3.8) is 0 Å². The Kier molecular flexibility index (Phi) is 6.49. The quantitative estimate of drug-likeness (QED) is 0.717. The molecule has 2 aromatic carbocycles. The molecule has 7 heteroatoms. The summed E-state index contributed by atoms with van der Waals surface area (Å²) in [5, 5.41) is 5.32. The van der Waals surface area contributed by atoms with E-state index in [2.05, 4.69) is 10.6 Å². The van der Waals surface area contributed by atoms with Crippen molar-refractivity contribution in [2.75, 3.05) is 17.2 Å². The van der Waals surface area contributed by atoms with Crippen LogP contribution in [0.25, 0.3) is 0 Å². The molecule has 29 heavy (non-hydrogen) atoms. The van der Waals surface area contributed by atoms with Crippen molar-refractivity contribution in [2.45, 2.75) is 39.3 Å². The summed E-state index contributed by atoms with van der Waals surface area (Å²) in [6.07, 6.45) is 1.47. The highest BCUT2D eigenvalue weighted by molar-refractivity contribution is 6.00. The van der Waals surface area contributed by atoms with Gasteiger partial charge in [-0.25, -0.2) is 9.18 Å². The van der Waals surface area contributed by atoms with Crippen molar-refractivity contribution in [3.05, 3.63) is 59.4 Å². The Bertz CT molecular complexity index is 902. The molecule has 1 aliphatic heterocycles. The average molecular weight is 398 g/mol. The summed E-state index contributed by atoms with van der Waals surface area (Å²) in [4.78, 5) is 26.8. The first-order valence-corrected chi connectivity index (χ1v) is 9.88. The molecule has 3 rings (SSSR count). The molecule has 1 heterocycles. The summed E-state index contributed by atoms with van der Waals surface area (Å²) in [7, 11) is 0. The molecule has 0 saturated heterocycles. The van der Waals surface area contributed by atoms with Gasteiger partial charge in [-0.05, 0) is 41.7 Å². The molecule has 2 unspecified atom stereocenters. The fourth-order valence-corrected chi connectivity index (χ4v) is 3.46. The van der Waals surface area contributed by atoms with Gasteiger partial charge in [-0.1, -0.05) is 44.5 Å². The number of benzene rings is 2. The van der Waals surface area contributed by atoms with Gasteiger partial charge in [-0.15, -0.1) is 0 Å². The van der Waals surface area contributed by atoms with E-state index in [0.717, 1.165) is 17.5 Å². The number of para-hydroxylation sites is 1. The lowest BCUT2D eigenvalue weighted by atomic mass is 9.94. The second kappa shape index (κ2) is 9.05. The smallest absolute Gasteiger partial charge is 0.323 e. The zero-order chi connectivity index (χ0) is 21.0.